The second-order valence-electron chi connectivity index (χ2n) is 5.05. The summed E-state index contributed by atoms with van der Waals surface area (Å²) in [4.78, 5) is 12.2. The molecule has 0 bridgehead atoms. The molecule has 21 heavy (non-hydrogen) atoms. The van der Waals surface area contributed by atoms with E-state index < -0.39 is 17.7 Å². The molecule has 2 aromatic rings. The van der Waals surface area contributed by atoms with Crippen molar-refractivity contribution < 1.29 is 13.6 Å². The molecular formula is C16H14F2N2O. The lowest BCUT2D eigenvalue weighted by Gasteiger charge is -2.25. The highest BCUT2D eigenvalue weighted by Crippen LogP contribution is 2.18. The lowest BCUT2D eigenvalue weighted by atomic mass is 9.95. The van der Waals surface area contributed by atoms with Crippen LogP contribution in [0.3, 0.4) is 0 Å². The fraction of sp³-hybridized carbons (Fsp3) is 0.188. The number of nitrogens with one attached hydrogen (secondary N) is 2. The standard InChI is InChI=1S/C16H14F2N2O/c17-12-6-13(18)8-14(7-12)20-16(21)15-5-10-3-1-2-4-11(10)9-19-15/h1-4,6-8,15,19H,5,9H2,(H,20,21). The topological polar surface area (TPSA) is 41.1 Å². The summed E-state index contributed by atoms with van der Waals surface area (Å²) >= 11 is 0. The second-order valence-corrected chi connectivity index (χ2v) is 5.05. The van der Waals surface area contributed by atoms with Crippen molar-refractivity contribution >= 4 is 11.6 Å². The predicted molar refractivity (Wildman–Crippen MR) is 75.8 cm³/mol. The number of rotatable bonds is 2. The smallest absolute Gasteiger partial charge is 0.241 e. The van der Waals surface area contributed by atoms with Crippen molar-refractivity contribution in [1.82, 2.24) is 5.32 Å². The molecule has 1 atom stereocenters. The van der Waals surface area contributed by atoms with Gasteiger partial charge < -0.3 is 10.6 Å². The van der Waals surface area contributed by atoms with E-state index in [1.165, 1.54) is 5.56 Å². The molecule has 2 aromatic carbocycles. The molecule has 1 aliphatic rings. The summed E-state index contributed by atoms with van der Waals surface area (Å²) < 4.78 is 26.2. The number of anilines is 1. The van der Waals surface area contributed by atoms with Gasteiger partial charge in [0.05, 0.1) is 6.04 Å². The molecule has 1 amide bonds. The largest absolute Gasteiger partial charge is 0.325 e. The molecule has 1 heterocycles. The molecule has 1 unspecified atom stereocenters. The Bertz CT molecular complexity index is 667. The molecule has 0 saturated carbocycles. The highest BCUT2D eigenvalue weighted by molar-refractivity contribution is 5.95. The molecule has 3 nitrogen and oxygen atoms in total. The minimum absolute atomic E-state index is 0.123. The third-order valence-electron chi connectivity index (χ3n) is 3.53. The molecular weight excluding hydrogens is 274 g/mol. The van der Waals surface area contributed by atoms with Gasteiger partial charge in [0.1, 0.15) is 11.6 Å². The van der Waals surface area contributed by atoms with Crippen molar-refractivity contribution in [2.75, 3.05) is 5.32 Å². The highest BCUT2D eigenvalue weighted by atomic mass is 19.1. The molecule has 5 heteroatoms. The van der Waals surface area contributed by atoms with E-state index in [4.69, 9.17) is 0 Å². The molecule has 0 radical (unpaired) electrons. The first-order valence-electron chi connectivity index (χ1n) is 6.69. The van der Waals surface area contributed by atoms with Gasteiger partial charge in [0.25, 0.3) is 0 Å². The Kier molecular flexibility index (Phi) is 3.66. The molecule has 0 aromatic heterocycles. The fourth-order valence-electron chi connectivity index (χ4n) is 2.50. The van der Waals surface area contributed by atoms with Crippen LogP contribution in [0.4, 0.5) is 14.5 Å². The molecule has 0 fully saturated rings. The van der Waals surface area contributed by atoms with Crippen LogP contribution in [0.1, 0.15) is 11.1 Å². The van der Waals surface area contributed by atoms with Crippen LogP contribution in [0.2, 0.25) is 0 Å². The van der Waals surface area contributed by atoms with Crippen molar-refractivity contribution in [1.29, 1.82) is 0 Å². The van der Waals surface area contributed by atoms with Gasteiger partial charge in [-0.2, -0.15) is 0 Å². The van der Waals surface area contributed by atoms with Crippen molar-refractivity contribution in [2.24, 2.45) is 0 Å². The van der Waals surface area contributed by atoms with E-state index in [1.54, 1.807) is 0 Å². The average Bonchev–Trinajstić information content (AvgIpc) is 2.45. The zero-order chi connectivity index (χ0) is 14.8. The maximum atomic E-state index is 13.1. The molecule has 108 valence electrons. The third kappa shape index (κ3) is 3.08. The SMILES string of the molecule is O=C(Nc1cc(F)cc(F)c1)C1Cc2ccccc2CN1. The summed E-state index contributed by atoms with van der Waals surface area (Å²) in [5.41, 5.74) is 2.40. The Morgan fingerprint density at radius 2 is 1.76 bits per heavy atom. The van der Waals surface area contributed by atoms with Gasteiger partial charge >= 0.3 is 0 Å². The van der Waals surface area contributed by atoms with Gasteiger partial charge in [-0.3, -0.25) is 4.79 Å². The van der Waals surface area contributed by atoms with Gasteiger partial charge in [-0.25, -0.2) is 8.78 Å². The van der Waals surface area contributed by atoms with Crippen LogP contribution < -0.4 is 10.6 Å². The summed E-state index contributed by atoms with van der Waals surface area (Å²) in [7, 11) is 0. The third-order valence-corrected chi connectivity index (χ3v) is 3.53. The first-order valence-corrected chi connectivity index (χ1v) is 6.69. The lowest BCUT2D eigenvalue weighted by molar-refractivity contribution is -0.118. The maximum absolute atomic E-state index is 13.1. The van der Waals surface area contributed by atoms with Gasteiger partial charge in [-0.1, -0.05) is 24.3 Å². The summed E-state index contributed by atoms with van der Waals surface area (Å²) in [6, 6.07) is 10.4. The zero-order valence-corrected chi connectivity index (χ0v) is 11.2. The summed E-state index contributed by atoms with van der Waals surface area (Å²) in [6.45, 7) is 0.603. The number of hydrogen-bond acceptors (Lipinski definition) is 2. The quantitative estimate of drug-likeness (QED) is 0.892. The number of carbonyl (C=O) groups is 1. The van der Waals surface area contributed by atoms with E-state index in [0.29, 0.717) is 13.0 Å². The van der Waals surface area contributed by atoms with E-state index in [0.717, 1.165) is 23.8 Å². The van der Waals surface area contributed by atoms with Crippen LogP contribution in [0.25, 0.3) is 0 Å². The van der Waals surface area contributed by atoms with Crippen LogP contribution in [0.15, 0.2) is 42.5 Å². The summed E-state index contributed by atoms with van der Waals surface area (Å²) in [5.74, 6) is -1.73. The van der Waals surface area contributed by atoms with Crippen molar-refractivity contribution in [3.8, 4) is 0 Å². The van der Waals surface area contributed by atoms with E-state index in [-0.39, 0.29) is 11.6 Å². The Labute approximate surface area is 121 Å². The predicted octanol–water partition coefficient (Wildman–Crippen LogP) is 2.62. The van der Waals surface area contributed by atoms with Crippen LogP contribution in [0, 0.1) is 11.6 Å². The zero-order valence-electron chi connectivity index (χ0n) is 11.2. The first-order chi connectivity index (χ1) is 10.1. The number of benzene rings is 2. The number of halogens is 2. The Morgan fingerprint density at radius 1 is 1.10 bits per heavy atom. The van der Waals surface area contributed by atoms with E-state index in [9.17, 15) is 13.6 Å². The maximum Gasteiger partial charge on any atom is 0.241 e. The van der Waals surface area contributed by atoms with Crippen molar-refractivity contribution in [3.63, 3.8) is 0 Å². The van der Waals surface area contributed by atoms with Gasteiger partial charge in [-0.05, 0) is 29.7 Å². The molecule has 0 saturated heterocycles. The van der Waals surface area contributed by atoms with Crippen LogP contribution in [-0.2, 0) is 17.8 Å². The highest BCUT2D eigenvalue weighted by Gasteiger charge is 2.24. The monoisotopic (exact) mass is 288 g/mol. The number of hydrogen-bond donors (Lipinski definition) is 2. The Morgan fingerprint density at radius 3 is 2.48 bits per heavy atom. The van der Waals surface area contributed by atoms with Crippen molar-refractivity contribution in [3.05, 3.63) is 65.2 Å². The molecule has 0 aliphatic carbocycles. The van der Waals surface area contributed by atoms with E-state index in [2.05, 4.69) is 10.6 Å². The van der Waals surface area contributed by atoms with Gasteiger partial charge in [-0.15, -0.1) is 0 Å². The average molecular weight is 288 g/mol. The molecule has 0 spiro atoms. The minimum Gasteiger partial charge on any atom is -0.325 e. The van der Waals surface area contributed by atoms with Gasteiger partial charge in [0.15, 0.2) is 0 Å². The minimum atomic E-state index is -0.716. The van der Waals surface area contributed by atoms with Crippen LogP contribution in [-0.4, -0.2) is 11.9 Å². The summed E-state index contributed by atoms with van der Waals surface area (Å²) in [5, 5.41) is 5.67. The molecule has 3 rings (SSSR count). The number of fused-ring (bicyclic) bond motifs is 1. The van der Waals surface area contributed by atoms with Gasteiger partial charge in [0.2, 0.25) is 5.91 Å². The van der Waals surface area contributed by atoms with E-state index in [1.807, 2.05) is 24.3 Å². The van der Waals surface area contributed by atoms with Crippen LogP contribution in [0.5, 0.6) is 0 Å². The number of amides is 1. The van der Waals surface area contributed by atoms with Crippen LogP contribution >= 0.6 is 0 Å². The fourth-order valence-corrected chi connectivity index (χ4v) is 2.50. The Hall–Kier alpha value is -2.27. The van der Waals surface area contributed by atoms with Crippen molar-refractivity contribution in [2.45, 2.75) is 19.0 Å². The van der Waals surface area contributed by atoms with E-state index >= 15 is 0 Å². The molecule has 2 N–H and O–H groups in total. The lowest BCUT2D eigenvalue weighted by Crippen LogP contribution is -2.44. The Balaban J connectivity index is 1.72. The number of carbonyl (C=O) groups excluding carboxylic acids is 1. The first kappa shape index (κ1) is 13.7. The summed E-state index contributed by atoms with van der Waals surface area (Å²) in [6.07, 6.45) is 0.555. The molecule has 1 aliphatic heterocycles. The second kappa shape index (κ2) is 5.61. The van der Waals surface area contributed by atoms with Gasteiger partial charge in [0, 0.05) is 18.3 Å². The normalized spacial score (nSPS) is 17.1.